The van der Waals surface area contributed by atoms with Crippen molar-refractivity contribution >= 4 is 23.2 Å². The fourth-order valence-corrected chi connectivity index (χ4v) is 5.47. The molecule has 0 aromatic heterocycles. The number of methoxy groups -OCH3 is 1. The van der Waals surface area contributed by atoms with Gasteiger partial charge in [0.15, 0.2) is 11.5 Å². The number of non-ortho nitro benzene ring substituents is 1. The topological polar surface area (TPSA) is 120 Å². The smallest absolute Gasteiger partial charge is 0.271 e. The molecular weight excluding hydrogens is 502 g/mol. The second-order valence-electron chi connectivity index (χ2n) is 9.25. The Kier molecular flexibility index (Phi) is 7.10. The van der Waals surface area contributed by atoms with E-state index in [1.54, 1.807) is 29.2 Å². The molecule has 0 fully saturated rings. The van der Waals surface area contributed by atoms with Gasteiger partial charge in [-0.3, -0.25) is 19.7 Å². The van der Waals surface area contributed by atoms with E-state index in [1.807, 2.05) is 26.0 Å². The molecule has 2 aliphatic heterocycles. The number of nitro groups is 1. The SMILES string of the molecule is CCOc1cc2c(cc1OCC)[C@H]1[C@H](C(=O)Nc3cc([N+](=O)[O-])ccc3OC)c3ccccc3C(=O)N1CC2. The zero-order valence-corrected chi connectivity index (χ0v) is 21.9. The van der Waals surface area contributed by atoms with E-state index < -0.39 is 22.8 Å². The zero-order valence-electron chi connectivity index (χ0n) is 21.9. The number of nitrogens with one attached hydrogen (secondary N) is 1. The summed E-state index contributed by atoms with van der Waals surface area (Å²) in [5.74, 6) is 0.0973. The van der Waals surface area contributed by atoms with Gasteiger partial charge in [-0.1, -0.05) is 18.2 Å². The third-order valence-electron chi connectivity index (χ3n) is 7.12. The first-order valence-corrected chi connectivity index (χ1v) is 12.8. The molecule has 3 aromatic rings. The average Bonchev–Trinajstić information content (AvgIpc) is 2.93. The summed E-state index contributed by atoms with van der Waals surface area (Å²) in [6.45, 7) is 5.09. The van der Waals surface area contributed by atoms with E-state index in [-0.39, 0.29) is 23.0 Å². The number of carbonyl (C=O) groups excluding carboxylic acids is 2. The van der Waals surface area contributed by atoms with Gasteiger partial charge in [0.25, 0.3) is 11.6 Å². The summed E-state index contributed by atoms with van der Waals surface area (Å²) in [6, 6.07) is 14.3. The summed E-state index contributed by atoms with van der Waals surface area (Å²) in [7, 11) is 1.43. The van der Waals surface area contributed by atoms with Gasteiger partial charge < -0.3 is 24.4 Å². The summed E-state index contributed by atoms with van der Waals surface area (Å²) in [5.41, 5.74) is 2.82. The maximum atomic E-state index is 14.1. The van der Waals surface area contributed by atoms with Gasteiger partial charge in [-0.2, -0.15) is 0 Å². The van der Waals surface area contributed by atoms with Gasteiger partial charge in [0.1, 0.15) is 5.75 Å². The average molecular weight is 532 g/mol. The number of nitrogens with zero attached hydrogens (tertiary/aromatic N) is 2. The fourth-order valence-electron chi connectivity index (χ4n) is 5.47. The predicted octanol–water partition coefficient (Wildman–Crippen LogP) is 4.88. The molecule has 2 heterocycles. The van der Waals surface area contributed by atoms with Gasteiger partial charge in [0.2, 0.25) is 5.91 Å². The molecule has 0 spiro atoms. The Morgan fingerprint density at radius 1 is 1.03 bits per heavy atom. The maximum absolute atomic E-state index is 14.1. The Hall–Kier alpha value is -4.60. The molecule has 39 heavy (non-hydrogen) atoms. The van der Waals surface area contributed by atoms with Crippen molar-refractivity contribution < 1.29 is 28.7 Å². The first-order valence-electron chi connectivity index (χ1n) is 12.8. The van der Waals surface area contributed by atoms with Crippen molar-refractivity contribution in [1.82, 2.24) is 4.90 Å². The molecule has 10 nitrogen and oxygen atoms in total. The molecule has 10 heteroatoms. The molecular formula is C29H29N3O7. The summed E-state index contributed by atoms with van der Waals surface area (Å²) in [4.78, 5) is 40.3. The van der Waals surface area contributed by atoms with Crippen LogP contribution in [-0.2, 0) is 11.2 Å². The van der Waals surface area contributed by atoms with Crippen molar-refractivity contribution in [1.29, 1.82) is 0 Å². The standard InChI is InChI=1S/C29H29N3O7/c1-4-38-24-14-17-12-13-31-27(21(17)16-25(24)39-5-2)26(19-8-6-7-9-20(19)29(31)34)28(33)30-22-15-18(32(35)36)10-11-23(22)37-3/h6-11,14-16,26-27H,4-5,12-13H2,1-3H3,(H,30,33)/t26-,27+/m1/s1. The number of hydrogen-bond acceptors (Lipinski definition) is 7. The second-order valence-corrected chi connectivity index (χ2v) is 9.25. The lowest BCUT2D eigenvalue weighted by Crippen LogP contribution is -2.49. The van der Waals surface area contributed by atoms with Gasteiger partial charge in [0, 0.05) is 24.2 Å². The van der Waals surface area contributed by atoms with E-state index in [9.17, 15) is 19.7 Å². The van der Waals surface area contributed by atoms with E-state index in [1.165, 1.54) is 25.3 Å². The van der Waals surface area contributed by atoms with Gasteiger partial charge in [0.05, 0.1) is 42.9 Å². The molecule has 0 unspecified atom stereocenters. The molecule has 0 bridgehead atoms. The van der Waals surface area contributed by atoms with Crippen LogP contribution in [0.5, 0.6) is 17.2 Å². The predicted molar refractivity (Wildman–Crippen MR) is 144 cm³/mol. The van der Waals surface area contributed by atoms with Crippen LogP contribution in [0.15, 0.2) is 54.6 Å². The van der Waals surface area contributed by atoms with Crippen LogP contribution < -0.4 is 19.5 Å². The fraction of sp³-hybridized carbons (Fsp3) is 0.310. The van der Waals surface area contributed by atoms with Crippen molar-refractivity contribution in [3.63, 3.8) is 0 Å². The van der Waals surface area contributed by atoms with Crippen molar-refractivity contribution in [3.05, 3.63) is 87.0 Å². The van der Waals surface area contributed by atoms with E-state index in [4.69, 9.17) is 14.2 Å². The molecule has 202 valence electrons. The van der Waals surface area contributed by atoms with Crippen LogP contribution in [0.3, 0.4) is 0 Å². The summed E-state index contributed by atoms with van der Waals surface area (Å²) in [6.07, 6.45) is 0.596. The molecule has 0 aliphatic carbocycles. The number of ether oxygens (including phenoxy) is 3. The van der Waals surface area contributed by atoms with Crippen molar-refractivity contribution in [3.8, 4) is 17.2 Å². The number of nitro benzene ring substituents is 1. The van der Waals surface area contributed by atoms with E-state index in [0.29, 0.717) is 48.8 Å². The zero-order chi connectivity index (χ0) is 27.7. The van der Waals surface area contributed by atoms with Crippen LogP contribution in [0, 0.1) is 10.1 Å². The molecule has 5 rings (SSSR count). The highest BCUT2D eigenvalue weighted by molar-refractivity contribution is 6.05. The largest absolute Gasteiger partial charge is 0.495 e. The first kappa shape index (κ1) is 26.0. The Balaban J connectivity index is 1.64. The molecule has 1 N–H and O–H groups in total. The lowest BCUT2D eigenvalue weighted by molar-refractivity contribution is -0.384. The van der Waals surface area contributed by atoms with Gasteiger partial charge in [-0.15, -0.1) is 0 Å². The quantitative estimate of drug-likeness (QED) is 0.325. The summed E-state index contributed by atoms with van der Waals surface area (Å²) >= 11 is 0. The Labute approximate surface area is 225 Å². The molecule has 3 aromatic carbocycles. The Morgan fingerprint density at radius 3 is 2.44 bits per heavy atom. The highest BCUT2D eigenvalue weighted by Crippen LogP contribution is 2.49. The number of hydrogen-bond donors (Lipinski definition) is 1. The first-order chi connectivity index (χ1) is 18.9. The minimum atomic E-state index is -0.797. The monoisotopic (exact) mass is 531 g/mol. The summed E-state index contributed by atoms with van der Waals surface area (Å²) in [5, 5.41) is 14.3. The third kappa shape index (κ3) is 4.62. The van der Waals surface area contributed by atoms with Gasteiger partial charge in [-0.05, 0) is 61.2 Å². The van der Waals surface area contributed by atoms with Crippen LogP contribution >= 0.6 is 0 Å². The van der Waals surface area contributed by atoms with Crippen LogP contribution in [-0.4, -0.2) is 48.5 Å². The molecule has 0 saturated carbocycles. The van der Waals surface area contributed by atoms with E-state index in [2.05, 4.69) is 5.32 Å². The number of fused-ring (bicyclic) bond motifs is 4. The van der Waals surface area contributed by atoms with Gasteiger partial charge in [-0.25, -0.2) is 0 Å². The van der Waals surface area contributed by atoms with Crippen LogP contribution in [0.4, 0.5) is 11.4 Å². The Bertz CT molecular complexity index is 1450. The Morgan fingerprint density at radius 2 is 1.74 bits per heavy atom. The third-order valence-corrected chi connectivity index (χ3v) is 7.12. The molecule has 0 radical (unpaired) electrons. The number of amides is 2. The van der Waals surface area contributed by atoms with Gasteiger partial charge >= 0.3 is 0 Å². The van der Waals surface area contributed by atoms with Crippen molar-refractivity contribution in [2.45, 2.75) is 32.2 Å². The normalized spacial score (nSPS) is 17.4. The molecule has 2 amide bonds. The van der Waals surface area contributed by atoms with Crippen LogP contribution in [0.2, 0.25) is 0 Å². The number of rotatable bonds is 8. The highest BCUT2D eigenvalue weighted by Gasteiger charge is 2.47. The van der Waals surface area contributed by atoms with E-state index in [0.717, 1.165) is 11.1 Å². The minimum Gasteiger partial charge on any atom is -0.495 e. The highest BCUT2D eigenvalue weighted by atomic mass is 16.6. The maximum Gasteiger partial charge on any atom is 0.271 e. The number of anilines is 1. The molecule has 2 aliphatic rings. The lowest BCUT2D eigenvalue weighted by atomic mass is 9.75. The number of benzene rings is 3. The van der Waals surface area contributed by atoms with Crippen molar-refractivity contribution in [2.24, 2.45) is 0 Å². The van der Waals surface area contributed by atoms with Crippen LogP contribution in [0.25, 0.3) is 0 Å². The minimum absolute atomic E-state index is 0.148. The number of carbonyl (C=O) groups is 2. The molecule has 0 saturated heterocycles. The summed E-state index contributed by atoms with van der Waals surface area (Å²) < 4.78 is 17.1. The van der Waals surface area contributed by atoms with Crippen LogP contribution in [0.1, 0.15) is 52.9 Å². The van der Waals surface area contributed by atoms with Crippen molar-refractivity contribution in [2.75, 3.05) is 32.2 Å². The van der Waals surface area contributed by atoms with E-state index >= 15 is 0 Å². The second kappa shape index (κ2) is 10.6. The molecule has 2 atom stereocenters. The lowest BCUT2D eigenvalue weighted by Gasteiger charge is -2.45.